The van der Waals surface area contributed by atoms with Gasteiger partial charge in [-0.25, -0.2) is 0 Å². The van der Waals surface area contributed by atoms with Crippen molar-refractivity contribution in [1.82, 2.24) is 5.32 Å². The highest BCUT2D eigenvalue weighted by atomic mass is 16.5. The molecule has 0 aliphatic heterocycles. The van der Waals surface area contributed by atoms with E-state index in [-0.39, 0.29) is 6.04 Å². The summed E-state index contributed by atoms with van der Waals surface area (Å²) in [5.41, 5.74) is 8.11. The van der Waals surface area contributed by atoms with Crippen LogP contribution in [0.2, 0.25) is 0 Å². The van der Waals surface area contributed by atoms with Crippen LogP contribution < -0.4 is 15.8 Å². The third-order valence-electron chi connectivity index (χ3n) is 3.69. The molecule has 0 aliphatic rings. The van der Waals surface area contributed by atoms with Gasteiger partial charge in [0.1, 0.15) is 5.75 Å². The van der Waals surface area contributed by atoms with E-state index >= 15 is 0 Å². The summed E-state index contributed by atoms with van der Waals surface area (Å²) >= 11 is 0. The lowest BCUT2D eigenvalue weighted by atomic mass is 10.0. The maximum Gasteiger partial charge on any atom is 0.248 e. The van der Waals surface area contributed by atoms with E-state index in [0.717, 1.165) is 17.7 Å². The summed E-state index contributed by atoms with van der Waals surface area (Å²) < 4.78 is 5.18. The van der Waals surface area contributed by atoms with Gasteiger partial charge in [0.2, 0.25) is 5.91 Å². The van der Waals surface area contributed by atoms with Gasteiger partial charge in [-0.05, 0) is 41.8 Å². The highest BCUT2D eigenvalue weighted by Gasteiger charge is 2.09. The average molecular weight is 298 g/mol. The van der Waals surface area contributed by atoms with Crippen LogP contribution in [0.3, 0.4) is 0 Å². The van der Waals surface area contributed by atoms with Crippen molar-refractivity contribution in [3.8, 4) is 5.75 Å². The van der Waals surface area contributed by atoms with Gasteiger partial charge in [-0.1, -0.05) is 31.2 Å². The van der Waals surface area contributed by atoms with Crippen molar-refractivity contribution in [2.75, 3.05) is 7.11 Å². The Morgan fingerprint density at radius 2 is 1.95 bits per heavy atom. The first-order valence-corrected chi connectivity index (χ1v) is 7.40. The Balaban J connectivity index is 2.04. The molecule has 0 heterocycles. The summed E-state index contributed by atoms with van der Waals surface area (Å²) in [5, 5.41) is 3.51. The van der Waals surface area contributed by atoms with E-state index in [1.54, 1.807) is 13.2 Å². The number of nitrogens with two attached hydrogens (primary N) is 1. The minimum atomic E-state index is -0.399. The van der Waals surface area contributed by atoms with Gasteiger partial charge in [0.15, 0.2) is 0 Å². The van der Waals surface area contributed by atoms with Gasteiger partial charge in [-0.3, -0.25) is 4.79 Å². The predicted octanol–water partition coefficient (Wildman–Crippen LogP) is 3.04. The molecule has 0 fully saturated rings. The molecule has 22 heavy (non-hydrogen) atoms. The number of carbonyl (C=O) groups is 1. The minimum Gasteiger partial charge on any atom is -0.497 e. The third-order valence-corrected chi connectivity index (χ3v) is 3.69. The molecule has 1 amide bonds. The Morgan fingerprint density at radius 3 is 2.55 bits per heavy atom. The molecule has 0 aliphatic carbocycles. The van der Waals surface area contributed by atoms with Crippen molar-refractivity contribution < 1.29 is 9.53 Å². The van der Waals surface area contributed by atoms with Crippen LogP contribution in [0, 0.1) is 0 Å². The lowest BCUT2D eigenvalue weighted by Crippen LogP contribution is -2.20. The Morgan fingerprint density at radius 1 is 1.23 bits per heavy atom. The van der Waals surface area contributed by atoms with E-state index in [0.29, 0.717) is 12.1 Å². The van der Waals surface area contributed by atoms with E-state index < -0.39 is 5.91 Å². The zero-order valence-corrected chi connectivity index (χ0v) is 13.0. The van der Waals surface area contributed by atoms with Crippen molar-refractivity contribution in [3.05, 3.63) is 65.2 Å². The molecule has 2 aromatic rings. The summed E-state index contributed by atoms with van der Waals surface area (Å²) in [5.74, 6) is 0.455. The second-order valence-corrected chi connectivity index (χ2v) is 5.18. The van der Waals surface area contributed by atoms with Crippen molar-refractivity contribution >= 4 is 5.91 Å². The van der Waals surface area contributed by atoms with Gasteiger partial charge < -0.3 is 15.8 Å². The minimum absolute atomic E-state index is 0.253. The monoisotopic (exact) mass is 298 g/mol. The molecule has 0 saturated carbocycles. The fraction of sp³-hybridized carbons (Fsp3) is 0.278. The summed E-state index contributed by atoms with van der Waals surface area (Å²) in [4.78, 5) is 11.2. The molecule has 0 saturated heterocycles. The van der Waals surface area contributed by atoms with Crippen LogP contribution in [0.15, 0.2) is 48.5 Å². The first-order chi connectivity index (χ1) is 10.6. The number of amides is 1. The summed E-state index contributed by atoms with van der Waals surface area (Å²) in [7, 11) is 1.66. The van der Waals surface area contributed by atoms with E-state index in [1.165, 1.54) is 5.56 Å². The predicted molar refractivity (Wildman–Crippen MR) is 87.8 cm³/mol. The third kappa shape index (κ3) is 4.09. The second kappa shape index (κ2) is 7.61. The zero-order valence-electron chi connectivity index (χ0n) is 13.0. The quantitative estimate of drug-likeness (QED) is 0.826. The van der Waals surface area contributed by atoms with Gasteiger partial charge in [-0.2, -0.15) is 0 Å². The van der Waals surface area contributed by atoms with Crippen molar-refractivity contribution in [1.29, 1.82) is 0 Å². The van der Waals surface area contributed by atoms with Crippen LogP contribution in [0.4, 0.5) is 0 Å². The molecular weight excluding hydrogens is 276 g/mol. The maximum absolute atomic E-state index is 11.2. The van der Waals surface area contributed by atoms with Crippen molar-refractivity contribution in [3.63, 3.8) is 0 Å². The number of hydrogen-bond donors (Lipinski definition) is 2. The highest BCUT2D eigenvalue weighted by molar-refractivity contribution is 5.92. The molecule has 3 N–H and O–H groups in total. The number of methoxy groups -OCH3 is 1. The standard InChI is InChI=1S/C18H22N2O2/c1-3-17(14-7-9-16(22-2)10-8-14)20-12-13-5-4-6-15(11-13)18(19)21/h4-11,17,20H,3,12H2,1-2H3,(H2,19,21). The Bertz CT molecular complexity index is 623. The van der Waals surface area contributed by atoms with Crippen LogP contribution >= 0.6 is 0 Å². The molecular formula is C18H22N2O2. The molecule has 0 radical (unpaired) electrons. The molecule has 0 aromatic heterocycles. The molecule has 2 rings (SSSR count). The fourth-order valence-electron chi connectivity index (χ4n) is 2.41. The van der Waals surface area contributed by atoms with Crippen LogP contribution in [0.5, 0.6) is 5.75 Å². The van der Waals surface area contributed by atoms with Gasteiger partial charge in [-0.15, -0.1) is 0 Å². The van der Waals surface area contributed by atoms with Crippen molar-refractivity contribution in [2.24, 2.45) is 5.73 Å². The van der Waals surface area contributed by atoms with E-state index in [1.807, 2.05) is 30.3 Å². The van der Waals surface area contributed by atoms with Crippen LogP contribution in [-0.4, -0.2) is 13.0 Å². The first kappa shape index (κ1) is 16.0. The Kier molecular flexibility index (Phi) is 5.55. The number of primary amides is 1. The molecule has 2 aromatic carbocycles. The van der Waals surface area contributed by atoms with Gasteiger partial charge in [0.25, 0.3) is 0 Å². The zero-order chi connectivity index (χ0) is 15.9. The summed E-state index contributed by atoms with van der Waals surface area (Å²) in [6.45, 7) is 2.83. The maximum atomic E-state index is 11.2. The molecule has 0 spiro atoms. The van der Waals surface area contributed by atoms with E-state index in [2.05, 4.69) is 24.4 Å². The SMILES string of the molecule is CCC(NCc1cccc(C(N)=O)c1)c1ccc(OC)cc1. The smallest absolute Gasteiger partial charge is 0.248 e. The van der Waals surface area contributed by atoms with Crippen molar-refractivity contribution in [2.45, 2.75) is 25.9 Å². The van der Waals surface area contributed by atoms with E-state index in [9.17, 15) is 4.79 Å². The molecule has 4 nitrogen and oxygen atoms in total. The van der Waals surface area contributed by atoms with Crippen LogP contribution in [0.25, 0.3) is 0 Å². The van der Waals surface area contributed by atoms with Gasteiger partial charge >= 0.3 is 0 Å². The number of rotatable bonds is 7. The topological polar surface area (TPSA) is 64.3 Å². The number of benzene rings is 2. The number of ether oxygens (including phenoxy) is 1. The van der Waals surface area contributed by atoms with Crippen LogP contribution in [-0.2, 0) is 6.54 Å². The summed E-state index contributed by atoms with van der Waals surface area (Å²) in [6.07, 6.45) is 0.974. The fourth-order valence-corrected chi connectivity index (χ4v) is 2.41. The molecule has 116 valence electrons. The van der Waals surface area contributed by atoms with E-state index in [4.69, 9.17) is 10.5 Å². The average Bonchev–Trinajstić information content (AvgIpc) is 2.56. The number of carbonyl (C=O) groups excluding carboxylic acids is 1. The second-order valence-electron chi connectivity index (χ2n) is 5.18. The van der Waals surface area contributed by atoms with Gasteiger partial charge in [0.05, 0.1) is 7.11 Å². The number of nitrogens with one attached hydrogen (secondary N) is 1. The largest absolute Gasteiger partial charge is 0.497 e. The normalized spacial score (nSPS) is 11.9. The van der Waals surface area contributed by atoms with Crippen LogP contribution in [0.1, 0.15) is 40.9 Å². The lowest BCUT2D eigenvalue weighted by Gasteiger charge is -2.18. The Labute approximate surface area is 131 Å². The highest BCUT2D eigenvalue weighted by Crippen LogP contribution is 2.20. The Hall–Kier alpha value is -2.33. The summed E-state index contributed by atoms with van der Waals surface area (Å²) in [6, 6.07) is 15.7. The molecule has 1 unspecified atom stereocenters. The first-order valence-electron chi connectivity index (χ1n) is 7.40. The molecule has 1 atom stereocenters. The lowest BCUT2D eigenvalue weighted by molar-refractivity contribution is 0.1000. The number of hydrogen-bond acceptors (Lipinski definition) is 3. The van der Waals surface area contributed by atoms with Gasteiger partial charge in [0, 0.05) is 18.2 Å². The molecule has 4 heteroatoms. The molecule has 0 bridgehead atoms.